The number of rotatable bonds is 7. The van der Waals surface area contributed by atoms with Crippen molar-refractivity contribution in [2.45, 2.75) is 39.7 Å². The molecule has 0 aliphatic carbocycles. The van der Waals surface area contributed by atoms with Crippen LogP contribution in [0.25, 0.3) is 11.4 Å². The summed E-state index contributed by atoms with van der Waals surface area (Å²) in [5.41, 5.74) is 4.06. The van der Waals surface area contributed by atoms with Gasteiger partial charge in [-0.15, -0.1) is 0 Å². The van der Waals surface area contributed by atoms with E-state index in [1.807, 2.05) is 50.2 Å². The fourth-order valence-corrected chi connectivity index (χ4v) is 2.69. The number of aryl methyl sites for hydroxylation is 3. The Morgan fingerprint density at radius 1 is 1.19 bits per heavy atom. The summed E-state index contributed by atoms with van der Waals surface area (Å²) in [6, 6.07) is 11.8. The van der Waals surface area contributed by atoms with Crippen molar-refractivity contribution in [3.63, 3.8) is 0 Å². The standard InChI is InChI=1S/C20H22N4O2/c1-14-6-3-4-7-17(14)20-23-19(26-24-20)9-5-8-18(25)22-13-16-10-11-21-15(2)12-16/h3-4,6-7,10-12H,5,8-9,13H2,1-2H3,(H,22,25). The number of carbonyl (C=O) groups is 1. The Balaban J connectivity index is 1.45. The van der Waals surface area contributed by atoms with E-state index in [-0.39, 0.29) is 5.91 Å². The lowest BCUT2D eigenvalue weighted by Gasteiger charge is -2.05. The summed E-state index contributed by atoms with van der Waals surface area (Å²) < 4.78 is 5.30. The van der Waals surface area contributed by atoms with E-state index in [4.69, 9.17) is 4.52 Å². The largest absolute Gasteiger partial charge is 0.352 e. The van der Waals surface area contributed by atoms with Gasteiger partial charge in [0.2, 0.25) is 17.6 Å². The Labute approximate surface area is 152 Å². The van der Waals surface area contributed by atoms with Crippen molar-refractivity contribution in [3.8, 4) is 11.4 Å². The molecule has 2 heterocycles. The van der Waals surface area contributed by atoms with Gasteiger partial charge >= 0.3 is 0 Å². The molecular weight excluding hydrogens is 328 g/mol. The monoisotopic (exact) mass is 350 g/mol. The molecule has 0 saturated carbocycles. The molecule has 0 radical (unpaired) electrons. The minimum atomic E-state index is 0.0121. The predicted octanol–water partition coefficient (Wildman–Crippen LogP) is 3.39. The second-order valence-corrected chi connectivity index (χ2v) is 6.26. The molecule has 2 aromatic heterocycles. The Morgan fingerprint density at radius 2 is 2.04 bits per heavy atom. The van der Waals surface area contributed by atoms with E-state index in [0.717, 1.165) is 22.4 Å². The van der Waals surface area contributed by atoms with Gasteiger partial charge in [0.25, 0.3) is 0 Å². The number of hydrogen-bond donors (Lipinski definition) is 1. The quantitative estimate of drug-likeness (QED) is 0.706. The van der Waals surface area contributed by atoms with E-state index in [1.165, 1.54) is 0 Å². The zero-order valence-electron chi connectivity index (χ0n) is 15.0. The number of carbonyl (C=O) groups excluding carboxylic acids is 1. The summed E-state index contributed by atoms with van der Waals surface area (Å²) in [6.07, 6.45) is 3.42. The average molecular weight is 350 g/mol. The molecule has 134 valence electrons. The van der Waals surface area contributed by atoms with E-state index in [2.05, 4.69) is 20.4 Å². The highest BCUT2D eigenvalue weighted by Crippen LogP contribution is 2.20. The average Bonchev–Trinajstić information content (AvgIpc) is 3.09. The van der Waals surface area contributed by atoms with Crippen LogP contribution < -0.4 is 5.32 Å². The molecular formula is C20H22N4O2. The van der Waals surface area contributed by atoms with Gasteiger partial charge in [0.05, 0.1) is 0 Å². The summed E-state index contributed by atoms with van der Waals surface area (Å²) >= 11 is 0. The first-order chi connectivity index (χ1) is 12.6. The molecule has 6 heteroatoms. The van der Waals surface area contributed by atoms with Crippen LogP contribution in [0, 0.1) is 13.8 Å². The number of pyridine rings is 1. The van der Waals surface area contributed by atoms with E-state index in [0.29, 0.717) is 37.5 Å². The molecule has 0 saturated heterocycles. The number of nitrogens with zero attached hydrogens (tertiary/aromatic N) is 3. The number of hydrogen-bond acceptors (Lipinski definition) is 5. The van der Waals surface area contributed by atoms with E-state index < -0.39 is 0 Å². The van der Waals surface area contributed by atoms with Gasteiger partial charge in [-0.1, -0.05) is 29.4 Å². The maximum atomic E-state index is 12.0. The lowest BCUT2D eigenvalue weighted by molar-refractivity contribution is -0.121. The normalized spacial score (nSPS) is 10.7. The highest BCUT2D eigenvalue weighted by Gasteiger charge is 2.11. The fourth-order valence-electron chi connectivity index (χ4n) is 2.69. The van der Waals surface area contributed by atoms with Crippen molar-refractivity contribution < 1.29 is 9.32 Å². The first-order valence-corrected chi connectivity index (χ1v) is 8.68. The topological polar surface area (TPSA) is 80.9 Å². The van der Waals surface area contributed by atoms with Crippen LogP contribution in [0.1, 0.15) is 35.6 Å². The number of aromatic nitrogens is 3. The van der Waals surface area contributed by atoms with Gasteiger partial charge in [-0.25, -0.2) is 0 Å². The smallest absolute Gasteiger partial charge is 0.226 e. The van der Waals surface area contributed by atoms with Crippen molar-refractivity contribution in [2.24, 2.45) is 0 Å². The van der Waals surface area contributed by atoms with Gasteiger partial charge in [-0.3, -0.25) is 9.78 Å². The zero-order chi connectivity index (χ0) is 18.4. The number of amides is 1. The van der Waals surface area contributed by atoms with E-state index >= 15 is 0 Å². The molecule has 0 unspecified atom stereocenters. The highest BCUT2D eigenvalue weighted by atomic mass is 16.5. The Morgan fingerprint density at radius 3 is 2.85 bits per heavy atom. The van der Waals surface area contributed by atoms with Crippen LogP contribution in [-0.4, -0.2) is 21.0 Å². The number of benzene rings is 1. The van der Waals surface area contributed by atoms with Crippen LogP contribution in [0.4, 0.5) is 0 Å². The second kappa shape index (κ2) is 8.38. The second-order valence-electron chi connectivity index (χ2n) is 6.26. The highest BCUT2D eigenvalue weighted by molar-refractivity contribution is 5.75. The van der Waals surface area contributed by atoms with Gasteiger partial charge in [-0.05, 0) is 43.5 Å². The van der Waals surface area contributed by atoms with Gasteiger partial charge in [0.15, 0.2) is 0 Å². The molecule has 0 atom stereocenters. The van der Waals surface area contributed by atoms with Gasteiger partial charge in [0.1, 0.15) is 0 Å². The predicted molar refractivity (Wildman–Crippen MR) is 98.2 cm³/mol. The lowest BCUT2D eigenvalue weighted by Crippen LogP contribution is -2.22. The van der Waals surface area contributed by atoms with Crippen molar-refractivity contribution in [1.29, 1.82) is 0 Å². The first-order valence-electron chi connectivity index (χ1n) is 8.68. The maximum absolute atomic E-state index is 12.0. The summed E-state index contributed by atoms with van der Waals surface area (Å²) in [7, 11) is 0. The SMILES string of the molecule is Cc1cc(CNC(=O)CCCc2nc(-c3ccccc3C)no2)ccn1. The first kappa shape index (κ1) is 17.8. The molecule has 3 aromatic rings. The summed E-state index contributed by atoms with van der Waals surface area (Å²) in [5.74, 6) is 1.16. The fraction of sp³-hybridized carbons (Fsp3) is 0.300. The van der Waals surface area contributed by atoms with Crippen LogP contribution in [0.5, 0.6) is 0 Å². The van der Waals surface area contributed by atoms with Crippen molar-refractivity contribution in [1.82, 2.24) is 20.4 Å². The minimum absolute atomic E-state index is 0.0121. The summed E-state index contributed by atoms with van der Waals surface area (Å²) in [4.78, 5) is 20.5. The molecule has 1 N–H and O–H groups in total. The zero-order valence-corrected chi connectivity index (χ0v) is 15.0. The lowest BCUT2D eigenvalue weighted by atomic mass is 10.1. The van der Waals surface area contributed by atoms with Gasteiger partial charge < -0.3 is 9.84 Å². The van der Waals surface area contributed by atoms with Gasteiger partial charge in [0, 0.05) is 36.8 Å². The third-order valence-corrected chi connectivity index (χ3v) is 4.10. The maximum Gasteiger partial charge on any atom is 0.226 e. The molecule has 3 rings (SSSR count). The molecule has 0 aliphatic rings. The van der Waals surface area contributed by atoms with Crippen molar-refractivity contribution >= 4 is 5.91 Å². The van der Waals surface area contributed by atoms with Crippen LogP contribution in [0.2, 0.25) is 0 Å². The molecule has 1 aromatic carbocycles. The molecule has 6 nitrogen and oxygen atoms in total. The van der Waals surface area contributed by atoms with Crippen LogP contribution in [0.3, 0.4) is 0 Å². The van der Waals surface area contributed by atoms with Crippen molar-refractivity contribution in [2.75, 3.05) is 0 Å². The Bertz CT molecular complexity index is 889. The molecule has 1 amide bonds. The Kier molecular flexibility index (Phi) is 5.73. The molecule has 0 spiro atoms. The Hall–Kier alpha value is -3.02. The van der Waals surface area contributed by atoms with Crippen LogP contribution >= 0.6 is 0 Å². The molecule has 0 aliphatic heterocycles. The molecule has 26 heavy (non-hydrogen) atoms. The van der Waals surface area contributed by atoms with Crippen molar-refractivity contribution in [3.05, 3.63) is 65.3 Å². The summed E-state index contributed by atoms with van der Waals surface area (Å²) in [6.45, 7) is 4.46. The van der Waals surface area contributed by atoms with E-state index in [9.17, 15) is 4.79 Å². The van der Waals surface area contributed by atoms with Crippen LogP contribution in [-0.2, 0) is 17.8 Å². The third kappa shape index (κ3) is 4.75. The van der Waals surface area contributed by atoms with Gasteiger partial charge in [-0.2, -0.15) is 4.98 Å². The molecule has 0 fully saturated rings. The number of nitrogens with one attached hydrogen (secondary N) is 1. The summed E-state index contributed by atoms with van der Waals surface area (Å²) in [5, 5.41) is 6.95. The minimum Gasteiger partial charge on any atom is -0.352 e. The van der Waals surface area contributed by atoms with Crippen LogP contribution in [0.15, 0.2) is 47.1 Å². The molecule has 0 bridgehead atoms. The van der Waals surface area contributed by atoms with E-state index in [1.54, 1.807) is 6.20 Å². The third-order valence-electron chi connectivity index (χ3n) is 4.10.